The number of benzene rings is 1. The molecule has 9 heteroatoms. The van der Waals surface area contributed by atoms with E-state index in [0.29, 0.717) is 32.5 Å². The Hall–Kier alpha value is -3.20. The van der Waals surface area contributed by atoms with Crippen molar-refractivity contribution in [2.75, 3.05) is 36.9 Å². The maximum Gasteiger partial charge on any atom is 0.328 e. The van der Waals surface area contributed by atoms with E-state index in [1.165, 1.54) is 4.90 Å². The van der Waals surface area contributed by atoms with Crippen molar-refractivity contribution in [2.24, 2.45) is 0 Å². The minimum atomic E-state index is -0.911. The summed E-state index contributed by atoms with van der Waals surface area (Å²) in [5.74, 6) is 0.723. The molecule has 2 fully saturated rings. The molecule has 0 bridgehead atoms. The molecule has 3 amide bonds. The number of aryl methyl sites for hydroxylation is 1. The largest absolute Gasteiger partial charge is 0.395 e. The summed E-state index contributed by atoms with van der Waals surface area (Å²) in [5, 5.41) is 9.37. The number of hydrogen-bond donors (Lipinski definition) is 2. The first-order valence-corrected chi connectivity index (χ1v) is 10.1. The zero-order valence-electron chi connectivity index (χ0n) is 17.0. The highest BCUT2D eigenvalue weighted by Crippen LogP contribution is 2.39. The summed E-state index contributed by atoms with van der Waals surface area (Å²) in [4.78, 5) is 39.8. The number of aromatic nitrogens is 2. The van der Waals surface area contributed by atoms with Crippen LogP contribution < -0.4 is 10.6 Å². The Morgan fingerprint density at radius 3 is 2.47 bits per heavy atom. The quantitative estimate of drug-likeness (QED) is 0.711. The Kier molecular flexibility index (Phi) is 5.29. The van der Waals surface area contributed by atoms with Crippen LogP contribution in [-0.4, -0.2) is 68.6 Å². The van der Waals surface area contributed by atoms with Crippen LogP contribution in [0.25, 0.3) is 0 Å². The van der Waals surface area contributed by atoms with Crippen molar-refractivity contribution in [3.8, 4) is 0 Å². The first-order chi connectivity index (χ1) is 14.4. The number of anilines is 2. The second kappa shape index (κ2) is 7.91. The highest BCUT2D eigenvalue weighted by Gasteiger charge is 2.57. The molecule has 2 aliphatic rings. The van der Waals surface area contributed by atoms with Gasteiger partial charge in [-0.05, 0) is 25.3 Å². The molecule has 3 N–H and O–H groups in total. The fourth-order valence-corrected chi connectivity index (χ4v) is 4.39. The highest BCUT2D eigenvalue weighted by molar-refractivity contribution is 6.07. The van der Waals surface area contributed by atoms with E-state index in [1.807, 2.05) is 43.3 Å². The molecule has 1 spiro atoms. The van der Waals surface area contributed by atoms with E-state index in [9.17, 15) is 14.7 Å². The normalized spacial score (nSPS) is 18.5. The van der Waals surface area contributed by atoms with Gasteiger partial charge in [-0.2, -0.15) is 4.98 Å². The Morgan fingerprint density at radius 2 is 1.83 bits per heavy atom. The number of imide groups is 1. The molecule has 2 aromatic rings. The standard InChI is InChI=1S/C21H26N6O3/c1-15-13-17(24-19(22)23-15)25-9-7-21(8-10-25)18(29)26(11-12-28)20(30)27(21)14-16-5-3-2-4-6-16/h2-6,13,28H,7-12,14H2,1H3,(H2,22,23,24). The van der Waals surface area contributed by atoms with Crippen LogP contribution in [-0.2, 0) is 11.3 Å². The summed E-state index contributed by atoms with van der Waals surface area (Å²) in [7, 11) is 0. The van der Waals surface area contributed by atoms with Crippen molar-refractivity contribution in [2.45, 2.75) is 31.8 Å². The lowest BCUT2D eigenvalue weighted by atomic mass is 9.85. The number of rotatable bonds is 5. The number of amides is 3. The van der Waals surface area contributed by atoms with Gasteiger partial charge in [0.2, 0.25) is 5.95 Å². The van der Waals surface area contributed by atoms with Gasteiger partial charge in [0.25, 0.3) is 5.91 Å². The number of hydrogen-bond acceptors (Lipinski definition) is 7. The van der Waals surface area contributed by atoms with Gasteiger partial charge in [0.05, 0.1) is 13.2 Å². The van der Waals surface area contributed by atoms with E-state index < -0.39 is 5.54 Å². The van der Waals surface area contributed by atoms with Crippen LogP contribution in [0, 0.1) is 6.92 Å². The van der Waals surface area contributed by atoms with Crippen LogP contribution in [0.4, 0.5) is 16.6 Å². The molecule has 2 saturated heterocycles. The van der Waals surface area contributed by atoms with Crippen molar-refractivity contribution in [1.29, 1.82) is 0 Å². The molecule has 0 aliphatic carbocycles. The van der Waals surface area contributed by atoms with E-state index in [-0.39, 0.29) is 31.0 Å². The first kappa shape index (κ1) is 20.1. The van der Waals surface area contributed by atoms with E-state index in [2.05, 4.69) is 14.9 Å². The van der Waals surface area contributed by atoms with Crippen LogP contribution in [0.5, 0.6) is 0 Å². The van der Waals surface area contributed by atoms with Crippen LogP contribution >= 0.6 is 0 Å². The van der Waals surface area contributed by atoms with Crippen LogP contribution in [0.15, 0.2) is 36.4 Å². The average Bonchev–Trinajstić information content (AvgIpc) is 2.91. The molecule has 1 aromatic heterocycles. The van der Waals surface area contributed by atoms with Crippen molar-refractivity contribution in [3.05, 3.63) is 47.7 Å². The van der Waals surface area contributed by atoms with Gasteiger partial charge in [-0.3, -0.25) is 9.69 Å². The SMILES string of the molecule is Cc1cc(N2CCC3(CC2)C(=O)N(CCO)C(=O)N3Cc2ccccc2)nc(N)n1. The molecule has 1 aromatic carbocycles. The van der Waals surface area contributed by atoms with Gasteiger partial charge >= 0.3 is 6.03 Å². The van der Waals surface area contributed by atoms with Gasteiger partial charge in [0.15, 0.2) is 0 Å². The second-order valence-electron chi connectivity index (χ2n) is 7.78. The third kappa shape index (κ3) is 3.45. The number of nitrogens with two attached hydrogens (primary N) is 1. The number of nitrogen functional groups attached to an aromatic ring is 1. The van der Waals surface area contributed by atoms with Gasteiger partial charge in [-0.25, -0.2) is 9.78 Å². The van der Waals surface area contributed by atoms with Crippen molar-refractivity contribution in [3.63, 3.8) is 0 Å². The molecule has 158 valence electrons. The zero-order valence-corrected chi connectivity index (χ0v) is 17.0. The van der Waals surface area contributed by atoms with Crippen LogP contribution in [0.3, 0.4) is 0 Å². The van der Waals surface area contributed by atoms with Gasteiger partial charge in [0.1, 0.15) is 11.4 Å². The molecule has 0 radical (unpaired) electrons. The van der Waals surface area contributed by atoms with Gasteiger partial charge in [-0.15, -0.1) is 0 Å². The fourth-order valence-electron chi connectivity index (χ4n) is 4.39. The summed E-state index contributed by atoms with van der Waals surface area (Å²) in [6.07, 6.45) is 0.963. The number of nitrogens with zero attached hydrogens (tertiary/aromatic N) is 5. The monoisotopic (exact) mass is 410 g/mol. The topological polar surface area (TPSA) is 116 Å². The number of aliphatic hydroxyl groups is 1. The molecule has 3 heterocycles. The molecular weight excluding hydrogens is 384 g/mol. The zero-order chi connectivity index (χ0) is 21.3. The Bertz CT molecular complexity index is 923. The number of carbonyl (C=O) groups excluding carboxylic acids is 2. The van der Waals surface area contributed by atoms with Crippen molar-refractivity contribution >= 4 is 23.7 Å². The summed E-state index contributed by atoms with van der Waals surface area (Å²) in [5.41, 5.74) is 6.63. The molecule has 0 unspecified atom stereocenters. The molecule has 4 rings (SSSR count). The molecule has 9 nitrogen and oxygen atoms in total. The van der Waals surface area contributed by atoms with Gasteiger partial charge < -0.3 is 20.6 Å². The third-order valence-electron chi connectivity index (χ3n) is 5.90. The summed E-state index contributed by atoms with van der Waals surface area (Å²) >= 11 is 0. The number of β-amino-alcohol motifs (C(OH)–C–C–N with tert-alkyl or cyclic N) is 1. The lowest BCUT2D eigenvalue weighted by Gasteiger charge is -2.42. The summed E-state index contributed by atoms with van der Waals surface area (Å²) in [6, 6.07) is 11.2. The Balaban J connectivity index is 1.60. The van der Waals surface area contributed by atoms with E-state index in [0.717, 1.165) is 17.1 Å². The predicted octanol–water partition coefficient (Wildman–Crippen LogP) is 1.16. The molecule has 0 atom stereocenters. The maximum atomic E-state index is 13.3. The second-order valence-corrected chi connectivity index (χ2v) is 7.78. The number of carbonyl (C=O) groups is 2. The molecule has 2 aliphatic heterocycles. The Morgan fingerprint density at radius 1 is 1.13 bits per heavy atom. The number of piperidine rings is 1. The fraction of sp³-hybridized carbons (Fsp3) is 0.429. The lowest BCUT2D eigenvalue weighted by molar-refractivity contribution is -0.134. The summed E-state index contributed by atoms with van der Waals surface area (Å²) in [6.45, 7) is 3.10. The van der Waals surface area contributed by atoms with Gasteiger partial charge in [-0.1, -0.05) is 30.3 Å². The van der Waals surface area contributed by atoms with E-state index >= 15 is 0 Å². The van der Waals surface area contributed by atoms with Crippen LogP contribution in [0.1, 0.15) is 24.1 Å². The minimum Gasteiger partial charge on any atom is -0.395 e. The minimum absolute atomic E-state index is 0.00998. The van der Waals surface area contributed by atoms with Crippen molar-refractivity contribution < 1.29 is 14.7 Å². The van der Waals surface area contributed by atoms with Crippen molar-refractivity contribution in [1.82, 2.24) is 19.8 Å². The highest BCUT2D eigenvalue weighted by atomic mass is 16.3. The number of aliphatic hydroxyl groups excluding tert-OH is 1. The van der Waals surface area contributed by atoms with E-state index in [1.54, 1.807) is 4.90 Å². The van der Waals surface area contributed by atoms with E-state index in [4.69, 9.17) is 5.73 Å². The average molecular weight is 410 g/mol. The molecule has 0 saturated carbocycles. The lowest BCUT2D eigenvalue weighted by Crippen LogP contribution is -2.56. The summed E-state index contributed by atoms with van der Waals surface area (Å²) < 4.78 is 0. The third-order valence-corrected chi connectivity index (χ3v) is 5.90. The number of urea groups is 1. The van der Waals surface area contributed by atoms with Crippen LogP contribution in [0.2, 0.25) is 0 Å². The maximum absolute atomic E-state index is 13.3. The predicted molar refractivity (Wildman–Crippen MR) is 112 cm³/mol. The Labute approximate surface area is 175 Å². The smallest absolute Gasteiger partial charge is 0.328 e. The molecule has 30 heavy (non-hydrogen) atoms. The molecular formula is C21H26N6O3. The first-order valence-electron chi connectivity index (χ1n) is 10.1. The van der Waals surface area contributed by atoms with Gasteiger partial charge in [0, 0.05) is 31.4 Å².